The van der Waals surface area contributed by atoms with Crippen molar-refractivity contribution in [1.82, 2.24) is 4.57 Å². The molecule has 0 aliphatic carbocycles. The first-order valence-corrected chi connectivity index (χ1v) is 6.91. The number of benzene rings is 1. The van der Waals surface area contributed by atoms with E-state index in [2.05, 4.69) is 24.1 Å². The van der Waals surface area contributed by atoms with E-state index in [1.54, 1.807) is 12.1 Å². The minimum absolute atomic E-state index is 0.160. The van der Waals surface area contributed by atoms with E-state index >= 15 is 0 Å². The molecule has 1 aromatic heterocycles. The van der Waals surface area contributed by atoms with Crippen LogP contribution in [0.5, 0.6) is 0 Å². The van der Waals surface area contributed by atoms with E-state index in [1.165, 1.54) is 0 Å². The first-order valence-electron chi connectivity index (χ1n) is 6.91. The number of aromatic nitrogens is 1. The van der Waals surface area contributed by atoms with Crippen LogP contribution in [0.25, 0.3) is 0 Å². The number of aliphatic hydroxyl groups excluding tert-OH is 1. The molecule has 0 saturated carbocycles. The first kappa shape index (κ1) is 14.9. The Morgan fingerprint density at radius 2 is 2.10 bits per heavy atom. The van der Waals surface area contributed by atoms with Gasteiger partial charge in [0.25, 0.3) is 5.91 Å². The summed E-state index contributed by atoms with van der Waals surface area (Å²) in [4.78, 5) is 12.4. The van der Waals surface area contributed by atoms with Gasteiger partial charge in [-0.05, 0) is 30.7 Å². The summed E-state index contributed by atoms with van der Waals surface area (Å²) >= 11 is 0. The highest BCUT2D eigenvalue weighted by Gasteiger charge is 2.11. The molecule has 0 aliphatic rings. The number of carbonyl (C=O) groups excluding carboxylic acids is 1. The number of amides is 1. The summed E-state index contributed by atoms with van der Waals surface area (Å²) in [7, 11) is 0. The van der Waals surface area contributed by atoms with Crippen molar-refractivity contribution in [2.45, 2.75) is 19.9 Å². The van der Waals surface area contributed by atoms with Crippen molar-refractivity contribution >= 4 is 11.6 Å². The molecule has 2 N–H and O–H groups in total. The summed E-state index contributed by atoms with van der Waals surface area (Å²) in [5.74, 6) is 5.27. The smallest absolute Gasteiger partial charge is 0.272 e. The molecule has 0 saturated heterocycles. The Kier molecular flexibility index (Phi) is 5.19. The van der Waals surface area contributed by atoms with Gasteiger partial charge in [-0.25, -0.2) is 0 Å². The predicted molar refractivity (Wildman–Crippen MR) is 83.1 cm³/mol. The van der Waals surface area contributed by atoms with Crippen molar-refractivity contribution in [2.24, 2.45) is 0 Å². The fourth-order valence-corrected chi connectivity index (χ4v) is 2.08. The highest BCUT2D eigenvalue weighted by molar-refractivity contribution is 6.03. The predicted octanol–water partition coefficient (Wildman–Crippen LogP) is 2.49. The molecule has 4 nitrogen and oxygen atoms in total. The molecule has 0 bridgehead atoms. The van der Waals surface area contributed by atoms with E-state index < -0.39 is 0 Å². The zero-order valence-corrected chi connectivity index (χ0v) is 12.0. The molecular formula is C17H18N2O2. The van der Waals surface area contributed by atoms with Crippen LogP contribution in [0.1, 0.15) is 29.4 Å². The Morgan fingerprint density at radius 1 is 1.29 bits per heavy atom. The number of para-hydroxylation sites is 1. The van der Waals surface area contributed by atoms with Gasteiger partial charge in [0.15, 0.2) is 0 Å². The molecule has 4 heteroatoms. The van der Waals surface area contributed by atoms with Crippen molar-refractivity contribution in [3.8, 4) is 11.8 Å². The molecule has 0 unspecified atom stereocenters. The lowest BCUT2D eigenvalue weighted by Gasteiger charge is -2.10. The van der Waals surface area contributed by atoms with E-state index in [-0.39, 0.29) is 12.5 Å². The minimum Gasteiger partial charge on any atom is -0.384 e. The maximum Gasteiger partial charge on any atom is 0.272 e. The number of nitrogens with zero attached hydrogens (tertiary/aromatic N) is 1. The van der Waals surface area contributed by atoms with Gasteiger partial charge in [-0.15, -0.1) is 0 Å². The van der Waals surface area contributed by atoms with Gasteiger partial charge < -0.3 is 15.0 Å². The van der Waals surface area contributed by atoms with Gasteiger partial charge in [-0.2, -0.15) is 0 Å². The lowest BCUT2D eigenvalue weighted by atomic mass is 10.1. The fraction of sp³-hybridized carbons (Fsp3) is 0.235. The van der Waals surface area contributed by atoms with E-state index in [9.17, 15) is 4.79 Å². The monoisotopic (exact) mass is 282 g/mol. The molecule has 1 aromatic carbocycles. The third-order valence-electron chi connectivity index (χ3n) is 3.00. The lowest BCUT2D eigenvalue weighted by Crippen LogP contribution is -2.17. The minimum atomic E-state index is -0.207. The van der Waals surface area contributed by atoms with Gasteiger partial charge in [0.1, 0.15) is 12.3 Å². The first-order chi connectivity index (χ1) is 10.3. The highest BCUT2D eigenvalue weighted by Crippen LogP contribution is 2.15. The van der Waals surface area contributed by atoms with Gasteiger partial charge in [0.2, 0.25) is 0 Å². The van der Waals surface area contributed by atoms with Crippen molar-refractivity contribution in [3.05, 3.63) is 53.9 Å². The van der Waals surface area contributed by atoms with Crippen LogP contribution in [-0.2, 0) is 6.54 Å². The molecule has 21 heavy (non-hydrogen) atoms. The number of carbonyl (C=O) groups is 1. The number of aryl methyl sites for hydroxylation is 1. The lowest BCUT2D eigenvalue weighted by molar-refractivity contribution is 0.101. The second-order valence-electron chi connectivity index (χ2n) is 4.55. The maximum atomic E-state index is 12.4. The van der Waals surface area contributed by atoms with Crippen LogP contribution in [0.2, 0.25) is 0 Å². The fourth-order valence-electron chi connectivity index (χ4n) is 2.08. The maximum absolute atomic E-state index is 12.4. The largest absolute Gasteiger partial charge is 0.384 e. The van der Waals surface area contributed by atoms with Crippen LogP contribution in [0, 0.1) is 11.8 Å². The molecule has 0 fully saturated rings. The van der Waals surface area contributed by atoms with E-state index in [4.69, 9.17) is 5.11 Å². The van der Waals surface area contributed by atoms with Gasteiger partial charge >= 0.3 is 0 Å². The molecular weight excluding hydrogens is 264 g/mol. The van der Waals surface area contributed by atoms with Crippen LogP contribution in [0.15, 0.2) is 42.6 Å². The second kappa shape index (κ2) is 7.32. The van der Waals surface area contributed by atoms with Crippen LogP contribution in [0.4, 0.5) is 5.69 Å². The number of hydrogen-bond donors (Lipinski definition) is 2. The number of hydrogen-bond acceptors (Lipinski definition) is 2. The molecule has 2 rings (SSSR count). The molecule has 108 valence electrons. The second-order valence-corrected chi connectivity index (χ2v) is 4.55. The Morgan fingerprint density at radius 3 is 2.86 bits per heavy atom. The molecule has 1 amide bonds. The third-order valence-corrected chi connectivity index (χ3v) is 3.00. The zero-order chi connectivity index (χ0) is 15.1. The Hall–Kier alpha value is -2.51. The molecule has 0 aliphatic heterocycles. The summed E-state index contributed by atoms with van der Waals surface area (Å²) in [5.41, 5.74) is 1.96. The number of anilines is 1. The molecule has 0 atom stereocenters. The van der Waals surface area contributed by atoms with E-state index in [1.807, 2.05) is 35.0 Å². The molecule has 0 radical (unpaired) electrons. The normalized spacial score (nSPS) is 9.81. The highest BCUT2D eigenvalue weighted by atomic mass is 16.2. The average molecular weight is 282 g/mol. The van der Waals surface area contributed by atoms with E-state index in [0.29, 0.717) is 16.9 Å². The quantitative estimate of drug-likeness (QED) is 0.847. The van der Waals surface area contributed by atoms with Gasteiger partial charge in [-0.3, -0.25) is 4.79 Å². The standard InChI is InChI=1S/C17H18N2O2/c1-2-11-19-12-5-10-16(19)17(21)18-15-9-4-3-7-14(15)8-6-13-20/h3-5,7,9-10,12,20H,2,11,13H2,1H3,(H,18,21). The van der Waals surface area contributed by atoms with Gasteiger partial charge in [0, 0.05) is 18.3 Å². The topological polar surface area (TPSA) is 54.3 Å². The van der Waals surface area contributed by atoms with Crippen molar-refractivity contribution in [2.75, 3.05) is 11.9 Å². The van der Waals surface area contributed by atoms with Crippen LogP contribution < -0.4 is 5.32 Å². The van der Waals surface area contributed by atoms with Gasteiger partial charge in [0.05, 0.1) is 5.69 Å². The Bertz CT molecular complexity index is 677. The van der Waals surface area contributed by atoms with Crippen molar-refractivity contribution in [3.63, 3.8) is 0 Å². The van der Waals surface area contributed by atoms with E-state index in [0.717, 1.165) is 13.0 Å². The van der Waals surface area contributed by atoms with Crippen LogP contribution >= 0.6 is 0 Å². The number of aliphatic hydroxyl groups is 1. The molecule has 1 heterocycles. The third kappa shape index (κ3) is 3.74. The Labute approximate surface area is 124 Å². The summed E-state index contributed by atoms with van der Waals surface area (Å²) in [5, 5.41) is 11.7. The summed E-state index contributed by atoms with van der Waals surface area (Å²) < 4.78 is 1.93. The summed E-state index contributed by atoms with van der Waals surface area (Å²) in [6, 6.07) is 11.0. The number of rotatable bonds is 4. The molecule has 0 spiro atoms. The number of nitrogens with one attached hydrogen (secondary N) is 1. The van der Waals surface area contributed by atoms with Crippen molar-refractivity contribution in [1.29, 1.82) is 0 Å². The zero-order valence-electron chi connectivity index (χ0n) is 12.0. The van der Waals surface area contributed by atoms with Gasteiger partial charge in [-0.1, -0.05) is 30.9 Å². The summed E-state index contributed by atoms with van der Waals surface area (Å²) in [6.45, 7) is 2.67. The Balaban J connectivity index is 2.22. The average Bonchev–Trinajstić information content (AvgIpc) is 2.95. The summed E-state index contributed by atoms with van der Waals surface area (Å²) in [6.07, 6.45) is 2.86. The SMILES string of the molecule is CCCn1cccc1C(=O)Nc1ccccc1C#CCO. The van der Waals surface area contributed by atoms with Crippen LogP contribution in [0.3, 0.4) is 0 Å². The van der Waals surface area contributed by atoms with Crippen molar-refractivity contribution < 1.29 is 9.90 Å². The van der Waals surface area contributed by atoms with Crippen LogP contribution in [-0.4, -0.2) is 22.2 Å². The molecule has 2 aromatic rings.